The lowest BCUT2D eigenvalue weighted by molar-refractivity contribution is -0.132. The predicted molar refractivity (Wildman–Crippen MR) is 95.6 cm³/mol. The first-order valence-corrected chi connectivity index (χ1v) is 8.90. The highest BCUT2D eigenvalue weighted by atomic mass is 19.1. The van der Waals surface area contributed by atoms with Crippen molar-refractivity contribution in [3.63, 3.8) is 0 Å². The number of nitrogens with one attached hydrogen (secondary N) is 1. The second kappa shape index (κ2) is 9.51. The lowest BCUT2D eigenvalue weighted by atomic mass is 9.96. The van der Waals surface area contributed by atoms with Gasteiger partial charge in [0.1, 0.15) is 5.82 Å². The van der Waals surface area contributed by atoms with Gasteiger partial charge in [-0.1, -0.05) is 18.2 Å². The van der Waals surface area contributed by atoms with Crippen LogP contribution in [0, 0.1) is 11.7 Å². The van der Waals surface area contributed by atoms with Crippen LogP contribution in [0.25, 0.3) is 0 Å². The van der Waals surface area contributed by atoms with Gasteiger partial charge < -0.3 is 15.1 Å². The van der Waals surface area contributed by atoms with Crippen LogP contribution in [-0.2, 0) is 16.0 Å². The minimum absolute atomic E-state index is 0.0582. The molecule has 2 rings (SSSR count). The van der Waals surface area contributed by atoms with Gasteiger partial charge in [-0.2, -0.15) is 0 Å². The summed E-state index contributed by atoms with van der Waals surface area (Å²) in [6.07, 6.45) is 2.80. The molecule has 0 aromatic heterocycles. The molecule has 0 saturated carbocycles. The molecule has 1 heterocycles. The van der Waals surface area contributed by atoms with Crippen LogP contribution in [0.1, 0.15) is 25.3 Å². The molecule has 0 bridgehead atoms. The van der Waals surface area contributed by atoms with E-state index < -0.39 is 0 Å². The maximum Gasteiger partial charge on any atom is 0.241 e. The third-order valence-corrected chi connectivity index (χ3v) is 4.81. The first-order valence-electron chi connectivity index (χ1n) is 8.90. The molecule has 2 amide bonds. The van der Waals surface area contributed by atoms with Crippen molar-refractivity contribution in [3.05, 3.63) is 35.6 Å². The smallest absolute Gasteiger partial charge is 0.241 e. The number of hydrogen-bond donors (Lipinski definition) is 1. The second-order valence-corrected chi connectivity index (χ2v) is 6.81. The number of likely N-dealkylation sites (tertiary alicyclic amines) is 1. The minimum atomic E-state index is -0.190. The van der Waals surface area contributed by atoms with Crippen LogP contribution in [0.4, 0.5) is 4.39 Å². The van der Waals surface area contributed by atoms with E-state index >= 15 is 0 Å². The monoisotopic (exact) mass is 349 g/mol. The number of rotatable bonds is 7. The van der Waals surface area contributed by atoms with Crippen LogP contribution in [0.3, 0.4) is 0 Å². The van der Waals surface area contributed by atoms with Crippen molar-refractivity contribution in [1.29, 1.82) is 0 Å². The molecule has 1 fully saturated rings. The summed E-state index contributed by atoms with van der Waals surface area (Å²) >= 11 is 0. The van der Waals surface area contributed by atoms with Gasteiger partial charge in [0.25, 0.3) is 0 Å². The Labute approximate surface area is 149 Å². The average Bonchev–Trinajstić information content (AvgIpc) is 2.60. The Morgan fingerprint density at radius 2 is 1.96 bits per heavy atom. The van der Waals surface area contributed by atoms with Crippen LogP contribution < -0.4 is 5.32 Å². The Kier molecular flexibility index (Phi) is 7.37. The van der Waals surface area contributed by atoms with Crippen LogP contribution >= 0.6 is 0 Å². The predicted octanol–water partition coefficient (Wildman–Crippen LogP) is 1.67. The van der Waals surface area contributed by atoms with Crippen LogP contribution in [0.5, 0.6) is 0 Å². The van der Waals surface area contributed by atoms with Crippen molar-refractivity contribution in [2.24, 2.45) is 5.92 Å². The molecule has 0 atom stereocenters. The molecule has 1 aliphatic rings. The Morgan fingerprint density at radius 3 is 2.60 bits per heavy atom. The summed E-state index contributed by atoms with van der Waals surface area (Å²) in [7, 11) is 1.79. The molecule has 0 radical (unpaired) electrons. The number of nitrogens with zero attached hydrogens (tertiary/aromatic N) is 2. The Bertz CT molecular complexity index is 586. The van der Waals surface area contributed by atoms with Gasteiger partial charge in [0.2, 0.25) is 11.8 Å². The van der Waals surface area contributed by atoms with Gasteiger partial charge in [-0.05, 0) is 49.9 Å². The van der Waals surface area contributed by atoms with Gasteiger partial charge in [-0.15, -0.1) is 0 Å². The number of halogens is 1. The van der Waals surface area contributed by atoms with E-state index in [9.17, 15) is 14.0 Å². The number of carbonyl (C=O) groups is 2. The SMILES string of the molecule is CC(=O)NCC(=O)N(C)CC1CCN(CCc2ccccc2F)CC1. The lowest BCUT2D eigenvalue weighted by Crippen LogP contribution is -2.42. The van der Waals surface area contributed by atoms with Crippen LogP contribution in [0.15, 0.2) is 24.3 Å². The number of piperidine rings is 1. The quantitative estimate of drug-likeness (QED) is 0.815. The van der Waals surface area contributed by atoms with Crippen LogP contribution in [-0.4, -0.2) is 61.4 Å². The molecule has 1 aliphatic heterocycles. The van der Waals surface area contributed by atoms with Gasteiger partial charge in [0, 0.05) is 27.1 Å². The zero-order valence-corrected chi connectivity index (χ0v) is 15.1. The maximum atomic E-state index is 13.7. The first-order chi connectivity index (χ1) is 12.0. The highest BCUT2D eigenvalue weighted by Crippen LogP contribution is 2.19. The molecular weight excluding hydrogens is 321 g/mol. The molecule has 0 aliphatic carbocycles. The van der Waals surface area contributed by atoms with Crippen LogP contribution in [0.2, 0.25) is 0 Å². The largest absolute Gasteiger partial charge is 0.347 e. The van der Waals surface area contributed by atoms with E-state index in [-0.39, 0.29) is 24.2 Å². The number of amides is 2. The number of likely N-dealkylation sites (N-methyl/N-ethyl adjacent to an activating group) is 1. The molecule has 1 aromatic rings. The summed E-state index contributed by atoms with van der Waals surface area (Å²) in [5, 5.41) is 2.54. The highest BCUT2D eigenvalue weighted by molar-refractivity contribution is 5.83. The van der Waals surface area contributed by atoms with Crippen molar-refractivity contribution in [2.75, 3.05) is 39.8 Å². The fourth-order valence-corrected chi connectivity index (χ4v) is 3.20. The molecular formula is C19H28FN3O2. The van der Waals surface area contributed by atoms with Gasteiger partial charge in [0.05, 0.1) is 6.54 Å². The molecule has 25 heavy (non-hydrogen) atoms. The Balaban J connectivity index is 1.68. The zero-order valence-electron chi connectivity index (χ0n) is 15.1. The van der Waals surface area contributed by atoms with Gasteiger partial charge >= 0.3 is 0 Å². The molecule has 0 spiro atoms. The van der Waals surface area contributed by atoms with E-state index in [0.29, 0.717) is 5.92 Å². The highest BCUT2D eigenvalue weighted by Gasteiger charge is 2.22. The van der Waals surface area contributed by atoms with Crippen molar-refractivity contribution in [2.45, 2.75) is 26.2 Å². The van der Waals surface area contributed by atoms with Gasteiger partial charge in [-0.3, -0.25) is 9.59 Å². The normalized spacial score (nSPS) is 15.8. The third-order valence-electron chi connectivity index (χ3n) is 4.81. The zero-order chi connectivity index (χ0) is 18.2. The molecule has 1 saturated heterocycles. The van der Waals surface area contributed by atoms with Gasteiger partial charge in [-0.25, -0.2) is 4.39 Å². The maximum absolute atomic E-state index is 13.7. The summed E-state index contributed by atoms with van der Waals surface area (Å²) < 4.78 is 13.7. The summed E-state index contributed by atoms with van der Waals surface area (Å²) in [6.45, 7) is 5.02. The van der Waals surface area contributed by atoms with E-state index in [2.05, 4.69) is 10.2 Å². The fraction of sp³-hybridized carbons (Fsp3) is 0.579. The molecule has 0 unspecified atom stereocenters. The summed E-state index contributed by atoms with van der Waals surface area (Å²) in [5.41, 5.74) is 0.771. The Hall–Kier alpha value is -1.95. The standard InChI is InChI=1S/C19H28FN3O2/c1-15(24)21-13-19(25)22(2)14-16-7-10-23(11-8-16)12-9-17-5-3-4-6-18(17)20/h3-6,16H,7-14H2,1-2H3,(H,21,24). The van der Waals surface area contributed by atoms with Crippen molar-refractivity contribution >= 4 is 11.8 Å². The number of benzene rings is 1. The summed E-state index contributed by atoms with van der Waals surface area (Å²) in [6, 6.07) is 6.94. The molecule has 6 heteroatoms. The Morgan fingerprint density at radius 1 is 1.28 bits per heavy atom. The van der Waals surface area contributed by atoms with E-state index in [0.717, 1.165) is 51.0 Å². The minimum Gasteiger partial charge on any atom is -0.347 e. The second-order valence-electron chi connectivity index (χ2n) is 6.81. The average molecular weight is 349 g/mol. The van der Waals surface area contributed by atoms with E-state index in [1.807, 2.05) is 12.1 Å². The lowest BCUT2D eigenvalue weighted by Gasteiger charge is -2.34. The molecule has 1 N–H and O–H groups in total. The van der Waals surface area contributed by atoms with Crippen molar-refractivity contribution < 1.29 is 14.0 Å². The van der Waals surface area contributed by atoms with E-state index in [1.54, 1.807) is 18.0 Å². The fourth-order valence-electron chi connectivity index (χ4n) is 3.20. The first kappa shape index (κ1) is 19.4. The molecule has 138 valence electrons. The number of carbonyl (C=O) groups excluding carboxylic acids is 2. The third kappa shape index (κ3) is 6.46. The topological polar surface area (TPSA) is 52.7 Å². The molecule has 5 nitrogen and oxygen atoms in total. The van der Waals surface area contributed by atoms with E-state index in [4.69, 9.17) is 0 Å². The van der Waals surface area contributed by atoms with Gasteiger partial charge in [0.15, 0.2) is 0 Å². The number of hydrogen-bond acceptors (Lipinski definition) is 3. The van der Waals surface area contributed by atoms with Crippen molar-refractivity contribution in [3.8, 4) is 0 Å². The molecule has 1 aromatic carbocycles. The summed E-state index contributed by atoms with van der Waals surface area (Å²) in [5.74, 6) is 0.106. The van der Waals surface area contributed by atoms with E-state index in [1.165, 1.54) is 13.0 Å². The van der Waals surface area contributed by atoms with Crippen molar-refractivity contribution in [1.82, 2.24) is 15.1 Å². The summed E-state index contributed by atoms with van der Waals surface area (Å²) in [4.78, 5) is 26.9.